The Bertz CT molecular complexity index is 1120. The van der Waals surface area contributed by atoms with E-state index in [-0.39, 0.29) is 34.4 Å². The van der Waals surface area contributed by atoms with Crippen LogP contribution in [-0.4, -0.2) is 31.6 Å². The number of hydrogen-bond acceptors (Lipinski definition) is 5. The first-order chi connectivity index (χ1) is 14.3. The number of ether oxygens (including phenoxy) is 2. The van der Waals surface area contributed by atoms with Gasteiger partial charge in [0.1, 0.15) is 12.2 Å². The fraction of sp³-hybridized carbons (Fsp3) is 0.0952. The number of hydrogen-bond donors (Lipinski definition) is 1. The minimum atomic E-state index is -0.877. The van der Waals surface area contributed by atoms with Crippen LogP contribution < -0.4 is 19.7 Å². The minimum absolute atomic E-state index is 0.0197. The summed E-state index contributed by atoms with van der Waals surface area (Å²) in [7, 11) is 1.41. The van der Waals surface area contributed by atoms with Crippen molar-refractivity contribution in [3.05, 3.63) is 57.6 Å². The van der Waals surface area contributed by atoms with Gasteiger partial charge in [0.2, 0.25) is 0 Å². The molecule has 1 aliphatic rings. The van der Waals surface area contributed by atoms with Crippen molar-refractivity contribution in [1.82, 2.24) is 5.32 Å². The summed E-state index contributed by atoms with van der Waals surface area (Å²) in [5.41, 5.74) is 0.325. The summed E-state index contributed by atoms with van der Waals surface area (Å²) in [5.74, 6) is 1.16. The lowest BCUT2D eigenvalue weighted by Gasteiger charge is -2.26. The largest absolute Gasteiger partial charge is 0.493 e. The van der Waals surface area contributed by atoms with Gasteiger partial charge in [-0.1, -0.05) is 35.2 Å². The van der Waals surface area contributed by atoms with Crippen LogP contribution in [0.5, 0.6) is 11.5 Å². The van der Waals surface area contributed by atoms with Crippen LogP contribution in [0.4, 0.5) is 10.5 Å². The number of benzene rings is 2. The molecule has 1 fully saturated rings. The Morgan fingerprint density at radius 2 is 1.97 bits per heavy atom. The average Bonchev–Trinajstić information content (AvgIpc) is 2.70. The summed E-state index contributed by atoms with van der Waals surface area (Å²) in [6, 6.07) is 8.25. The molecule has 1 aliphatic heterocycles. The zero-order valence-electron chi connectivity index (χ0n) is 15.6. The molecule has 152 valence electrons. The molecule has 2 aromatic rings. The van der Waals surface area contributed by atoms with Gasteiger partial charge in [0.05, 0.1) is 17.8 Å². The van der Waals surface area contributed by atoms with Gasteiger partial charge in [-0.25, -0.2) is 9.69 Å². The summed E-state index contributed by atoms with van der Waals surface area (Å²) in [6.07, 6.45) is 6.49. The molecule has 1 heterocycles. The number of imide groups is 2. The first-order valence-corrected chi connectivity index (χ1v) is 9.22. The molecule has 0 atom stereocenters. The van der Waals surface area contributed by atoms with Crippen LogP contribution in [0.1, 0.15) is 5.56 Å². The number of nitrogens with zero attached hydrogens (tertiary/aromatic N) is 1. The lowest BCUT2D eigenvalue weighted by molar-refractivity contribution is -0.122. The van der Waals surface area contributed by atoms with E-state index in [1.807, 2.05) is 0 Å². The molecule has 0 aliphatic carbocycles. The number of urea groups is 1. The fourth-order valence-corrected chi connectivity index (χ4v) is 3.21. The average molecular weight is 445 g/mol. The van der Waals surface area contributed by atoms with Crippen LogP contribution in [0.2, 0.25) is 10.0 Å². The number of rotatable bonds is 5. The van der Waals surface area contributed by atoms with Crippen molar-refractivity contribution in [1.29, 1.82) is 0 Å². The Hall–Kier alpha value is -3.47. The number of halogens is 2. The van der Waals surface area contributed by atoms with Gasteiger partial charge in [-0.15, -0.1) is 6.42 Å². The second-order valence-electron chi connectivity index (χ2n) is 5.96. The Morgan fingerprint density at radius 3 is 2.63 bits per heavy atom. The van der Waals surface area contributed by atoms with Crippen molar-refractivity contribution in [2.75, 3.05) is 18.6 Å². The second kappa shape index (κ2) is 8.91. The summed E-state index contributed by atoms with van der Waals surface area (Å²) in [4.78, 5) is 38.3. The highest BCUT2D eigenvalue weighted by molar-refractivity contribution is 6.39. The van der Waals surface area contributed by atoms with Crippen LogP contribution in [0.3, 0.4) is 0 Å². The molecule has 1 N–H and O–H groups in total. The van der Waals surface area contributed by atoms with Crippen molar-refractivity contribution in [3.63, 3.8) is 0 Å². The van der Waals surface area contributed by atoms with E-state index in [0.717, 1.165) is 4.90 Å². The van der Waals surface area contributed by atoms with Crippen molar-refractivity contribution in [3.8, 4) is 23.8 Å². The van der Waals surface area contributed by atoms with Crippen molar-refractivity contribution < 1.29 is 23.9 Å². The standard InChI is InChI=1S/C21H14Cl2N2O5/c1-3-7-30-18-16(23)9-12(10-17(18)29-2)8-15-19(26)24-21(28)25(20(15)27)14-6-4-5-13(22)11-14/h1,4-6,8-11H,7H2,2H3,(H,24,26,28)/b15-8+. The molecule has 3 rings (SSSR count). The first kappa shape index (κ1) is 21.2. The molecule has 7 nitrogen and oxygen atoms in total. The number of barbiturate groups is 1. The Labute approximate surface area is 182 Å². The van der Waals surface area contributed by atoms with Crippen LogP contribution >= 0.6 is 23.2 Å². The maximum absolute atomic E-state index is 12.9. The lowest BCUT2D eigenvalue weighted by atomic mass is 10.1. The molecule has 9 heteroatoms. The van der Waals surface area contributed by atoms with E-state index in [1.54, 1.807) is 12.1 Å². The third-order valence-corrected chi connectivity index (χ3v) is 4.55. The van der Waals surface area contributed by atoms with E-state index in [4.69, 9.17) is 39.1 Å². The molecule has 30 heavy (non-hydrogen) atoms. The predicted octanol–water partition coefficient (Wildman–Crippen LogP) is 3.68. The topological polar surface area (TPSA) is 84.9 Å². The van der Waals surface area contributed by atoms with Gasteiger partial charge >= 0.3 is 6.03 Å². The van der Waals surface area contributed by atoms with E-state index >= 15 is 0 Å². The minimum Gasteiger partial charge on any atom is -0.493 e. The van der Waals surface area contributed by atoms with Gasteiger partial charge < -0.3 is 9.47 Å². The molecule has 4 amide bonds. The molecule has 0 spiro atoms. The molecule has 0 unspecified atom stereocenters. The SMILES string of the molecule is C#CCOc1c(Cl)cc(/C=C2\C(=O)NC(=O)N(c3cccc(Cl)c3)C2=O)cc1OC. The second-order valence-corrected chi connectivity index (χ2v) is 6.81. The van der Waals surface area contributed by atoms with Crippen LogP contribution in [-0.2, 0) is 9.59 Å². The monoisotopic (exact) mass is 444 g/mol. The molecular weight excluding hydrogens is 431 g/mol. The van der Waals surface area contributed by atoms with Gasteiger partial charge in [0.25, 0.3) is 11.8 Å². The van der Waals surface area contributed by atoms with E-state index < -0.39 is 17.8 Å². The summed E-state index contributed by atoms with van der Waals surface area (Å²) >= 11 is 12.2. The molecule has 0 radical (unpaired) electrons. The summed E-state index contributed by atoms with van der Waals surface area (Å²) in [6.45, 7) is -0.0197. The molecule has 2 aromatic carbocycles. The Morgan fingerprint density at radius 1 is 1.20 bits per heavy atom. The predicted molar refractivity (Wildman–Crippen MR) is 113 cm³/mol. The fourth-order valence-electron chi connectivity index (χ4n) is 2.75. The highest BCUT2D eigenvalue weighted by Crippen LogP contribution is 2.37. The van der Waals surface area contributed by atoms with E-state index in [2.05, 4.69) is 11.2 Å². The summed E-state index contributed by atoms with van der Waals surface area (Å²) in [5, 5.41) is 2.63. The van der Waals surface area contributed by atoms with Gasteiger partial charge in [0.15, 0.2) is 11.5 Å². The number of anilines is 1. The van der Waals surface area contributed by atoms with Gasteiger partial charge in [0, 0.05) is 5.02 Å². The number of carbonyl (C=O) groups excluding carboxylic acids is 3. The van der Waals surface area contributed by atoms with E-state index in [0.29, 0.717) is 10.6 Å². The molecule has 0 bridgehead atoms. The zero-order chi connectivity index (χ0) is 21.8. The third-order valence-electron chi connectivity index (χ3n) is 4.03. The quantitative estimate of drug-likeness (QED) is 0.431. The van der Waals surface area contributed by atoms with Gasteiger partial charge in [-0.2, -0.15) is 0 Å². The Balaban J connectivity index is 2.02. The number of carbonyl (C=O) groups is 3. The lowest BCUT2D eigenvalue weighted by Crippen LogP contribution is -2.54. The highest BCUT2D eigenvalue weighted by atomic mass is 35.5. The molecular formula is C21H14Cl2N2O5. The maximum Gasteiger partial charge on any atom is 0.335 e. The highest BCUT2D eigenvalue weighted by Gasteiger charge is 2.37. The van der Waals surface area contributed by atoms with Crippen molar-refractivity contribution >= 4 is 52.8 Å². The Kier molecular flexibility index (Phi) is 6.31. The number of methoxy groups -OCH3 is 1. The van der Waals surface area contributed by atoms with E-state index in [9.17, 15) is 14.4 Å². The first-order valence-electron chi connectivity index (χ1n) is 8.46. The van der Waals surface area contributed by atoms with Gasteiger partial charge in [-0.05, 0) is 42.0 Å². The van der Waals surface area contributed by atoms with Gasteiger partial charge in [-0.3, -0.25) is 14.9 Å². The number of terminal acetylenes is 1. The smallest absolute Gasteiger partial charge is 0.335 e. The normalized spacial score (nSPS) is 15.1. The van der Waals surface area contributed by atoms with Crippen molar-refractivity contribution in [2.45, 2.75) is 0 Å². The molecule has 1 saturated heterocycles. The molecule has 0 saturated carbocycles. The number of nitrogens with one attached hydrogen (secondary N) is 1. The van der Waals surface area contributed by atoms with Crippen LogP contribution in [0, 0.1) is 12.3 Å². The third kappa shape index (κ3) is 4.25. The van der Waals surface area contributed by atoms with E-state index in [1.165, 1.54) is 37.5 Å². The maximum atomic E-state index is 12.9. The van der Waals surface area contributed by atoms with Crippen LogP contribution in [0.25, 0.3) is 6.08 Å². The summed E-state index contributed by atoms with van der Waals surface area (Å²) < 4.78 is 10.6. The van der Waals surface area contributed by atoms with Crippen molar-refractivity contribution in [2.24, 2.45) is 0 Å². The molecule has 0 aromatic heterocycles. The zero-order valence-corrected chi connectivity index (χ0v) is 17.1. The van der Waals surface area contributed by atoms with Crippen LogP contribution in [0.15, 0.2) is 42.0 Å². The number of amides is 4.